The Kier molecular flexibility index (Phi) is 14.0. The largest absolute Gasteiger partial charge is 2.00 e. The summed E-state index contributed by atoms with van der Waals surface area (Å²) >= 11 is 0. The summed E-state index contributed by atoms with van der Waals surface area (Å²) in [7, 11) is -8.73. The molecule has 6 nitrogen and oxygen atoms in total. The van der Waals surface area contributed by atoms with Crippen LogP contribution in [0.3, 0.4) is 0 Å². The van der Waals surface area contributed by atoms with E-state index in [9.17, 15) is 25.9 Å². The van der Waals surface area contributed by atoms with Crippen molar-refractivity contribution >= 4 is 58.0 Å². The first-order chi connectivity index (χ1) is 14.9. The SMILES string of the molecule is CCc1cc(CC)c(S(=O)(=O)[O-])c(CC)c1.CCc1cc(CC)c(S(=O)(=O)[O-])c(CC)c1.[Ca+2]. The van der Waals surface area contributed by atoms with Crippen molar-refractivity contribution in [3.05, 3.63) is 57.6 Å². The Morgan fingerprint density at radius 3 is 0.848 bits per heavy atom. The zero-order valence-corrected chi connectivity index (χ0v) is 24.4. The number of rotatable bonds is 8. The first-order valence-electron chi connectivity index (χ1n) is 11.1. The molecule has 0 N–H and O–H groups in total. The average molecular weight is 523 g/mol. The molecule has 0 fully saturated rings. The Bertz CT molecular complexity index is 998. The van der Waals surface area contributed by atoms with Gasteiger partial charge in [0, 0.05) is 0 Å². The van der Waals surface area contributed by atoms with Gasteiger partial charge in [-0.2, -0.15) is 0 Å². The monoisotopic (exact) mass is 522 g/mol. The van der Waals surface area contributed by atoms with Crippen molar-refractivity contribution in [2.75, 3.05) is 0 Å². The van der Waals surface area contributed by atoms with Gasteiger partial charge in [0.15, 0.2) is 0 Å². The number of hydrogen-bond acceptors (Lipinski definition) is 6. The molecule has 0 aliphatic carbocycles. The van der Waals surface area contributed by atoms with Gasteiger partial charge >= 0.3 is 37.7 Å². The van der Waals surface area contributed by atoms with Crippen LogP contribution >= 0.6 is 0 Å². The maximum absolute atomic E-state index is 11.2. The third-order valence-corrected chi connectivity index (χ3v) is 7.49. The van der Waals surface area contributed by atoms with E-state index in [1.165, 1.54) is 0 Å². The van der Waals surface area contributed by atoms with Crippen LogP contribution in [0.5, 0.6) is 0 Å². The maximum Gasteiger partial charge on any atom is 2.00 e. The molecule has 0 aromatic heterocycles. The first-order valence-corrected chi connectivity index (χ1v) is 13.9. The third kappa shape index (κ3) is 8.91. The number of hydrogen-bond donors (Lipinski definition) is 0. The fourth-order valence-corrected chi connectivity index (χ4v) is 5.85. The van der Waals surface area contributed by atoms with Gasteiger partial charge in [0.25, 0.3) is 0 Å². The molecule has 0 spiro atoms. The van der Waals surface area contributed by atoms with Crippen LogP contribution in [0.1, 0.15) is 74.9 Å². The van der Waals surface area contributed by atoms with Crippen molar-refractivity contribution in [3.8, 4) is 0 Å². The molecule has 2 aromatic rings. The Balaban J connectivity index is 0.000000602. The summed E-state index contributed by atoms with van der Waals surface area (Å²) in [4.78, 5) is -0.00981. The average Bonchev–Trinajstić information content (AvgIpc) is 2.75. The van der Waals surface area contributed by atoms with Gasteiger partial charge in [-0.15, -0.1) is 0 Å². The van der Waals surface area contributed by atoms with Crippen LogP contribution in [0.15, 0.2) is 34.1 Å². The molecule has 2 rings (SSSR count). The summed E-state index contributed by atoms with van der Waals surface area (Å²) in [6, 6.07) is 7.29. The van der Waals surface area contributed by atoms with Gasteiger partial charge in [-0.3, -0.25) is 0 Å². The zero-order valence-electron chi connectivity index (χ0n) is 20.5. The predicted octanol–water partition coefficient (Wildman–Crippen LogP) is 4.18. The van der Waals surface area contributed by atoms with Crippen molar-refractivity contribution in [2.24, 2.45) is 0 Å². The van der Waals surface area contributed by atoms with E-state index in [2.05, 4.69) is 0 Å². The van der Waals surface area contributed by atoms with E-state index < -0.39 is 20.2 Å². The minimum atomic E-state index is -4.36. The Labute approximate surface area is 229 Å². The number of aryl methyl sites for hydroxylation is 6. The van der Waals surface area contributed by atoms with E-state index in [1.807, 2.05) is 65.8 Å². The summed E-state index contributed by atoms with van der Waals surface area (Å²) in [6.45, 7) is 11.5. The van der Waals surface area contributed by atoms with Crippen LogP contribution in [0.2, 0.25) is 0 Å². The Morgan fingerprint density at radius 2 is 0.727 bits per heavy atom. The fourth-order valence-electron chi connectivity index (χ4n) is 3.75. The maximum atomic E-state index is 11.2. The molecule has 2 aromatic carbocycles. The van der Waals surface area contributed by atoms with Crippen molar-refractivity contribution in [1.29, 1.82) is 0 Å². The summed E-state index contributed by atoms with van der Waals surface area (Å²) < 4.78 is 67.4. The van der Waals surface area contributed by atoms with Crippen molar-refractivity contribution in [1.82, 2.24) is 0 Å². The predicted molar refractivity (Wildman–Crippen MR) is 131 cm³/mol. The van der Waals surface area contributed by atoms with Gasteiger partial charge < -0.3 is 9.11 Å². The molecule has 0 aliphatic rings. The summed E-state index contributed by atoms with van der Waals surface area (Å²) in [6.07, 6.45) is 3.96. The Hall–Kier alpha value is -0.480. The van der Waals surface area contributed by atoms with Crippen LogP contribution in [0.4, 0.5) is 0 Å². The van der Waals surface area contributed by atoms with Crippen molar-refractivity contribution in [2.45, 2.75) is 89.9 Å². The quantitative estimate of drug-likeness (QED) is 0.380. The van der Waals surface area contributed by atoms with E-state index in [4.69, 9.17) is 0 Å². The van der Waals surface area contributed by atoms with Crippen LogP contribution in [0, 0.1) is 0 Å². The molecule has 33 heavy (non-hydrogen) atoms. The minimum Gasteiger partial charge on any atom is -0.744 e. The van der Waals surface area contributed by atoms with E-state index in [0.717, 1.165) is 24.0 Å². The molecule has 0 unspecified atom stereocenters. The molecular weight excluding hydrogens is 488 g/mol. The molecule has 180 valence electrons. The number of benzene rings is 2. The second kappa shape index (κ2) is 14.2. The molecule has 9 heteroatoms. The fraction of sp³-hybridized carbons (Fsp3) is 0.500. The normalized spacial score (nSPS) is 11.4. The van der Waals surface area contributed by atoms with E-state index in [0.29, 0.717) is 47.9 Å². The van der Waals surface area contributed by atoms with E-state index >= 15 is 0 Å². The van der Waals surface area contributed by atoms with E-state index in [-0.39, 0.29) is 47.5 Å². The zero-order chi connectivity index (χ0) is 24.7. The van der Waals surface area contributed by atoms with Crippen LogP contribution in [0.25, 0.3) is 0 Å². The molecular formula is C24H34CaO6S2. The smallest absolute Gasteiger partial charge is 0.744 e. The first kappa shape index (κ1) is 32.5. The summed E-state index contributed by atoms with van der Waals surface area (Å²) in [5.74, 6) is 0. The third-order valence-electron chi connectivity index (χ3n) is 5.45. The van der Waals surface area contributed by atoms with Crippen LogP contribution in [-0.2, 0) is 58.8 Å². The molecule has 0 bridgehead atoms. The van der Waals surface area contributed by atoms with Crippen LogP contribution in [-0.4, -0.2) is 63.7 Å². The van der Waals surface area contributed by atoms with Gasteiger partial charge in [-0.05, 0) is 71.9 Å². The van der Waals surface area contributed by atoms with Gasteiger partial charge in [-0.1, -0.05) is 65.8 Å². The van der Waals surface area contributed by atoms with Gasteiger partial charge in [-0.25, -0.2) is 16.8 Å². The van der Waals surface area contributed by atoms with E-state index in [1.54, 1.807) is 0 Å². The second-order valence-electron chi connectivity index (χ2n) is 7.52. The van der Waals surface area contributed by atoms with Gasteiger partial charge in [0.1, 0.15) is 20.2 Å². The minimum absolute atomic E-state index is 0. The van der Waals surface area contributed by atoms with Crippen molar-refractivity contribution in [3.63, 3.8) is 0 Å². The molecule has 0 radical (unpaired) electrons. The molecule has 0 amide bonds. The summed E-state index contributed by atoms with van der Waals surface area (Å²) in [5.41, 5.74) is 4.75. The molecule has 0 heterocycles. The van der Waals surface area contributed by atoms with Gasteiger partial charge in [0.05, 0.1) is 9.79 Å². The van der Waals surface area contributed by atoms with Crippen LogP contribution < -0.4 is 0 Å². The standard InChI is InChI=1S/2C12H18O3S.Ca/c2*1-4-9-7-10(5-2)12(16(13,14)15)11(6-3)8-9;/h2*7-8H,4-6H2,1-3H3,(H,13,14,15);/q;;+2/p-2. The molecule has 0 atom stereocenters. The topological polar surface area (TPSA) is 114 Å². The molecule has 0 aliphatic heterocycles. The Morgan fingerprint density at radius 1 is 0.515 bits per heavy atom. The summed E-state index contributed by atoms with van der Waals surface area (Å²) in [5, 5.41) is 0. The molecule has 0 saturated carbocycles. The molecule has 0 saturated heterocycles. The van der Waals surface area contributed by atoms with Crippen molar-refractivity contribution < 1.29 is 25.9 Å². The van der Waals surface area contributed by atoms with Gasteiger partial charge in [0.2, 0.25) is 0 Å². The second-order valence-corrected chi connectivity index (χ2v) is 10.1.